The number of carbonyl (C=O) groups is 1. The van der Waals surface area contributed by atoms with E-state index in [9.17, 15) is 13.6 Å². The third-order valence-corrected chi connectivity index (χ3v) is 3.24. The van der Waals surface area contributed by atoms with Crippen molar-refractivity contribution in [3.8, 4) is 0 Å². The molecule has 80 valence electrons. The second-order valence-electron chi connectivity index (χ2n) is 4.07. The van der Waals surface area contributed by atoms with Gasteiger partial charge in [-0.1, -0.05) is 0 Å². The SMILES string of the molecule is O=C1NCCCC12CNCCC2(F)F. The van der Waals surface area contributed by atoms with Crippen LogP contribution in [0.1, 0.15) is 19.3 Å². The Kier molecular flexibility index (Phi) is 2.21. The van der Waals surface area contributed by atoms with Gasteiger partial charge in [0.25, 0.3) is 5.92 Å². The van der Waals surface area contributed by atoms with Crippen molar-refractivity contribution < 1.29 is 13.6 Å². The summed E-state index contributed by atoms with van der Waals surface area (Å²) in [4.78, 5) is 11.6. The summed E-state index contributed by atoms with van der Waals surface area (Å²) in [5, 5.41) is 5.43. The number of rotatable bonds is 0. The van der Waals surface area contributed by atoms with E-state index in [1.54, 1.807) is 0 Å². The number of alkyl halides is 2. The van der Waals surface area contributed by atoms with Crippen molar-refractivity contribution in [2.45, 2.75) is 25.2 Å². The molecule has 0 radical (unpaired) electrons. The number of halogens is 2. The molecule has 2 fully saturated rings. The average Bonchev–Trinajstić information content (AvgIpc) is 2.14. The second-order valence-corrected chi connectivity index (χ2v) is 4.07. The maximum Gasteiger partial charge on any atom is 0.264 e. The number of piperidine rings is 2. The molecule has 0 saturated carbocycles. The van der Waals surface area contributed by atoms with Gasteiger partial charge in [-0.3, -0.25) is 4.79 Å². The van der Waals surface area contributed by atoms with Crippen LogP contribution in [0.5, 0.6) is 0 Å². The van der Waals surface area contributed by atoms with Gasteiger partial charge < -0.3 is 10.6 Å². The molecule has 0 aromatic carbocycles. The first kappa shape index (κ1) is 9.83. The van der Waals surface area contributed by atoms with Crippen LogP contribution >= 0.6 is 0 Å². The van der Waals surface area contributed by atoms with Crippen LogP contribution in [0.15, 0.2) is 0 Å². The van der Waals surface area contributed by atoms with Crippen LogP contribution < -0.4 is 10.6 Å². The summed E-state index contributed by atoms with van der Waals surface area (Å²) in [5.41, 5.74) is -1.48. The lowest BCUT2D eigenvalue weighted by molar-refractivity contribution is -0.175. The van der Waals surface area contributed by atoms with Gasteiger partial charge in [0.1, 0.15) is 5.41 Å². The molecule has 1 unspecified atom stereocenters. The van der Waals surface area contributed by atoms with Crippen molar-refractivity contribution in [3.63, 3.8) is 0 Å². The first-order valence-corrected chi connectivity index (χ1v) is 4.95. The molecule has 0 aromatic rings. The molecule has 2 N–H and O–H groups in total. The Morgan fingerprint density at radius 1 is 1.21 bits per heavy atom. The molecule has 0 aliphatic carbocycles. The van der Waals surface area contributed by atoms with Crippen LogP contribution in [0, 0.1) is 5.41 Å². The number of carbonyl (C=O) groups excluding carboxylic acids is 1. The lowest BCUT2D eigenvalue weighted by Crippen LogP contribution is -2.63. The fourth-order valence-electron chi connectivity index (χ4n) is 2.31. The van der Waals surface area contributed by atoms with Crippen LogP contribution in [0.25, 0.3) is 0 Å². The van der Waals surface area contributed by atoms with Crippen molar-refractivity contribution in [1.82, 2.24) is 10.6 Å². The van der Waals surface area contributed by atoms with E-state index in [2.05, 4.69) is 10.6 Å². The van der Waals surface area contributed by atoms with Gasteiger partial charge in [0.2, 0.25) is 5.91 Å². The molecule has 0 bridgehead atoms. The smallest absolute Gasteiger partial charge is 0.264 e. The molecule has 2 aliphatic rings. The van der Waals surface area contributed by atoms with Gasteiger partial charge in [-0.2, -0.15) is 0 Å². The highest BCUT2D eigenvalue weighted by Crippen LogP contribution is 2.45. The quantitative estimate of drug-likeness (QED) is 0.603. The van der Waals surface area contributed by atoms with Gasteiger partial charge in [-0.25, -0.2) is 8.78 Å². The number of amides is 1. The van der Waals surface area contributed by atoms with Crippen molar-refractivity contribution in [2.24, 2.45) is 5.41 Å². The minimum atomic E-state index is -2.86. The Balaban J connectivity index is 2.29. The molecule has 2 saturated heterocycles. The molecule has 2 aliphatic heterocycles. The van der Waals surface area contributed by atoms with Gasteiger partial charge in [0.05, 0.1) is 0 Å². The highest BCUT2D eigenvalue weighted by molar-refractivity contribution is 5.85. The Morgan fingerprint density at radius 2 is 2.00 bits per heavy atom. The fourth-order valence-corrected chi connectivity index (χ4v) is 2.31. The summed E-state index contributed by atoms with van der Waals surface area (Å²) in [6, 6.07) is 0. The zero-order chi connectivity index (χ0) is 10.2. The summed E-state index contributed by atoms with van der Waals surface area (Å²) in [6.45, 7) is 0.921. The van der Waals surface area contributed by atoms with Crippen molar-refractivity contribution in [2.75, 3.05) is 19.6 Å². The number of hydrogen-bond donors (Lipinski definition) is 2. The van der Waals surface area contributed by atoms with Crippen LogP contribution in [0.3, 0.4) is 0 Å². The van der Waals surface area contributed by atoms with E-state index >= 15 is 0 Å². The molecular formula is C9H14F2N2O. The van der Waals surface area contributed by atoms with E-state index in [4.69, 9.17) is 0 Å². The summed E-state index contributed by atoms with van der Waals surface area (Å²) >= 11 is 0. The molecule has 5 heteroatoms. The minimum Gasteiger partial charge on any atom is -0.355 e. The predicted molar refractivity (Wildman–Crippen MR) is 47.1 cm³/mol. The molecule has 0 aromatic heterocycles. The number of hydrogen-bond acceptors (Lipinski definition) is 2. The maximum absolute atomic E-state index is 13.7. The largest absolute Gasteiger partial charge is 0.355 e. The monoisotopic (exact) mass is 204 g/mol. The summed E-state index contributed by atoms with van der Waals surface area (Å²) in [6.07, 6.45) is 0.697. The van der Waals surface area contributed by atoms with E-state index in [0.29, 0.717) is 25.9 Å². The highest BCUT2D eigenvalue weighted by Gasteiger charge is 2.60. The standard InChI is InChI=1S/C9H14F2N2O/c10-9(11)3-5-12-6-8(9)2-1-4-13-7(8)14/h12H,1-6H2,(H,13,14). The fraction of sp³-hybridized carbons (Fsp3) is 0.889. The van der Waals surface area contributed by atoms with Gasteiger partial charge >= 0.3 is 0 Å². The van der Waals surface area contributed by atoms with Gasteiger partial charge in [0.15, 0.2) is 0 Å². The molecule has 1 spiro atoms. The zero-order valence-corrected chi connectivity index (χ0v) is 7.91. The van der Waals surface area contributed by atoms with Gasteiger partial charge in [-0.15, -0.1) is 0 Å². The van der Waals surface area contributed by atoms with Gasteiger partial charge in [-0.05, 0) is 12.8 Å². The molecule has 14 heavy (non-hydrogen) atoms. The summed E-state index contributed by atoms with van der Waals surface area (Å²) < 4.78 is 27.4. The lowest BCUT2D eigenvalue weighted by atomic mass is 9.71. The summed E-state index contributed by atoms with van der Waals surface area (Å²) in [7, 11) is 0. The van der Waals surface area contributed by atoms with Crippen molar-refractivity contribution >= 4 is 5.91 Å². The second kappa shape index (κ2) is 3.15. The first-order chi connectivity index (χ1) is 6.58. The van der Waals surface area contributed by atoms with Crippen molar-refractivity contribution in [1.29, 1.82) is 0 Å². The van der Waals surface area contributed by atoms with Crippen LogP contribution in [0.2, 0.25) is 0 Å². The van der Waals surface area contributed by atoms with E-state index in [-0.39, 0.29) is 13.0 Å². The Labute approximate surface area is 81.2 Å². The normalized spacial score (nSPS) is 36.9. The van der Waals surface area contributed by atoms with E-state index in [1.165, 1.54) is 0 Å². The third-order valence-electron chi connectivity index (χ3n) is 3.24. The third kappa shape index (κ3) is 1.22. The lowest BCUT2D eigenvalue weighted by Gasteiger charge is -2.44. The topological polar surface area (TPSA) is 41.1 Å². The van der Waals surface area contributed by atoms with E-state index in [0.717, 1.165) is 0 Å². The molecule has 1 atom stereocenters. The minimum absolute atomic E-state index is 0.103. The predicted octanol–water partition coefficient (Wildman–Crippen LogP) is 0.511. The Hall–Kier alpha value is -0.710. The Bertz CT molecular complexity index is 251. The average molecular weight is 204 g/mol. The Morgan fingerprint density at radius 3 is 2.64 bits per heavy atom. The molecule has 2 rings (SSSR count). The van der Waals surface area contributed by atoms with Crippen LogP contribution in [-0.2, 0) is 4.79 Å². The maximum atomic E-state index is 13.7. The molecule has 1 amide bonds. The number of nitrogens with one attached hydrogen (secondary N) is 2. The molecular weight excluding hydrogens is 190 g/mol. The van der Waals surface area contributed by atoms with E-state index < -0.39 is 17.2 Å². The summed E-state index contributed by atoms with van der Waals surface area (Å²) in [5.74, 6) is -3.34. The van der Waals surface area contributed by atoms with E-state index in [1.807, 2.05) is 0 Å². The van der Waals surface area contributed by atoms with Crippen LogP contribution in [0.4, 0.5) is 8.78 Å². The first-order valence-electron chi connectivity index (χ1n) is 4.95. The molecule has 3 nitrogen and oxygen atoms in total. The van der Waals surface area contributed by atoms with Crippen LogP contribution in [-0.4, -0.2) is 31.5 Å². The van der Waals surface area contributed by atoms with Crippen molar-refractivity contribution in [3.05, 3.63) is 0 Å². The highest BCUT2D eigenvalue weighted by atomic mass is 19.3. The van der Waals surface area contributed by atoms with Gasteiger partial charge in [0, 0.05) is 26.1 Å². The zero-order valence-electron chi connectivity index (χ0n) is 7.91. The molecule has 2 heterocycles.